The van der Waals surface area contributed by atoms with Gasteiger partial charge in [0.2, 0.25) is 0 Å². The normalized spacial score (nSPS) is 12.5. The van der Waals surface area contributed by atoms with Crippen molar-refractivity contribution in [2.24, 2.45) is 0 Å². The van der Waals surface area contributed by atoms with Gasteiger partial charge >= 0.3 is 5.97 Å². The fraction of sp³-hybridized carbons (Fsp3) is 0.0500. The highest BCUT2D eigenvalue weighted by molar-refractivity contribution is 5.92. The molecule has 4 N–H and O–H groups in total. The Morgan fingerprint density at radius 2 is 1.29 bits per heavy atom. The van der Waals surface area contributed by atoms with Crippen LogP contribution in [0.5, 0.6) is 0 Å². The van der Waals surface area contributed by atoms with Crippen molar-refractivity contribution in [3.05, 3.63) is 83.4 Å². The molecule has 0 aliphatic heterocycles. The molecule has 1 aliphatic carbocycles. The van der Waals surface area contributed by atoms with Crippen molar-refractivity contribution >= 4 is 17.3 Å². The minimum atomic E-state index is -0.439. The van der Waals surface area contributed by atoms with Crippen LogP contribution in [0.2, 0.25) is 0 Å². The number of anilines is 2. The molecule has 4 nitrogen and oxygen atoms in total. The number of carbonyl (C=O) groups excluding carboxylic acids is 1. The zero-order valence-electron chi connectivity index (χ0n) is 12.9. The molecule has 0 aromatic heterocycles. The molecule has 3 aromatic rings. The Balaban J connectivity index is 1.73. The van der Waals surface area contributed by atoms with E-state index in [2.05, 4.69) is 0 Å². The Kier molecular flexibility index (Phi) is 3.24. The molecule has 0 unspecified atom stereocenters. The predicted molar refractivity (Wildman–Crippen MR) is 94.4 cm³/mol. The second kappa shape index (κ2) is 5.42. The zero-order chi connectivity index (χ0) is 16.7. The molecule has 0 bridgehead atoms. The van der Waals surface area contributed by atoms with Crippen LogP contribution in [0.15, 0.2) is 66.7 Å². The quantitative estimate of drug-likeness (QED) is 0.557. The van der Waals surface area contributed by atoms with Gasteiger partial charge in [-0.1, -0.05) is 48.5 Å². The van der Waals surface area contributed by atoms with Crippen molar-refractivity contribution in [3.63, 3.8) is 0 Å². The summed E-state index contributed by atoms with van der Waals surface area (Å²) in [4.78, 5) is 12.6. The topological polar surface area (TPSA) is 78.3 Å². The van der Waals surface area contributed by atoms with E-state index < -0.39 is 12.1 Å². The minimum absolute atomic E-state index is 0.356. The molecule has 3 aromatic carbocycles. The summed E-state index contributed by atoms with van der Waals surface area (Å²) < 4.78 is 5.81. The molecule has 0 fully saturated rings. The Hall–Kier alpha value is -3.27. The van der Waals surface area contributed by atoms with Crippen LogP contribution in [-0.4, -0.2) is 5.97 Å². The molecule has 1 aliphatic rings. The van der Waals surface area contributed by atoms with Crippen LogP contribution >= 0.6 is 0 Å². The molecule has 0 saturated heterocycles. The molecule has 4 heteroatoms. The summed E-state index contributed by atoms with van der Waals surface area (Å²) in [6.07, 6.45) is -0.424. The van der Waals surface area contributed by atoms with Gasteiger partial charge in [0, 0.05) is 22.5 Å². The molecule has 0 heterocycles. The van der Waals surface area contributed by atoms with Gasteiger partial charge in [-0.05, 0) is 29.3 Å². The predicted octanol–water partition coefficient (Wildman–Crippen LogP) is 3.78. The van der Waals surface area contributed by atoms with Crippen molar-refractivity contribution in [3.8, 4) is 11.1 Å². The summed E-state index contributed by atoms with van der Waals surface area (Å²) >= 11 is 0. The maximum Gasteiger partial charge on any atom is 0.339 e. The van der Waals surface area contributed by atoms with Crippen LogP contribution in [0, 0.1) is 0 Å². The third-order valence-corrected chi connectivity index (χ3v) is 4.21. The van der Waals surface area contributed by atoms with Crippen molar-refractivity contribution in [1.29, 1.82) is 0 Å². The van der Waals surface area contributed by atoms with E-state index in [0.29, 0.717) is 16.9 Å². The lowest BCUT2D eigenvalue weighted by Crippen LogP contribution is -2.11. The monoisotopic (exact) mass is 316 g/mol. The highest BCUT2D eigenvalue weighted by atomic mass is 16.5. The lowest BCUT2D eigenvalue weighted by Gasteiger charge is -2.15. The standard InChI is InChI=1S/C20H16N2O2/c21-13-9-12(10-14(22)11-13)20(23)24-19-17-7-3-1-5-15(17)16-6-2-4-8-18(16)19/h1-11,19H,21-22H2. The fourth-order valence-corrected chi connectivity index (χ4v) is 3.21. The number of benzene rings is 3. The van der Waals surface area contributed by atoms with E-state index in [0.717, 1.165) is 22.3 Å². The van der Waals surface area contributed by atoms with Gasteiger partial charge in [-0.15, -0.1) is 0 Å². The average Bonchev–Trinajstić information content (AvgIpc) is 2.89. The van der Waals surface area contributed by atoms with E-state index >= 15 is 0 Å². The van der Waals surface area contributed by atoms with Gasteiger partial charge in [-0.25, -0.2) is 4.79 Å². The Morgan fingerprint density at radius 3 is 1.83 bits per heavy atom. The van der Waals surface area contributed by atoms with E-state index in [9.17, 15) is 4.79 Å². The van der Waals surface area contributed by atoms with E-state index in [4.69, 9.17) is 16.2 Å². The average molecular weight is 316 g/mol. The first kappa shape index (κ1) is 14.3. The number of nitrogens with two attached hydrogens (primary N) is 2. The van der Waals surface area contributed by atoms with Crippen molar-refractivity contribution < 1.29 is 9.53 Å². The van der Waals surface area contributed by atoms with E-state index in [1.54, 1.807) is 18.2 Å². The number of rotatable bonds is 2. The number of nitrogen functional groups attached to an aromatic ring is 2. The summed E-state index contributed by atoms with van der Waals surface area (Å²) in [6, 6.07) is 20.7. The van der Waals surface area contributed by atoms with E-state index in [1.165, 1.54) is 0 Å². The lowest BCUT2D eigenvalue weighted by molar-refractivity contribution is 0.0386. The SMILES string of the molecule is Nc1cc(N)cc(C(=O)OC2c3ccccc3-c3ccccc32)c1. The molecule has 4 rings (SSSR count). The van der Waals surface area contributed by atoms with Crippen LogP contribution in [0.3, 0.4) is 0 Å². The second-order valence-electron chi connectivity index (χ2n) is 5.85. The molecule has 0 spiro atoms. The summed E-state index contributed by atoms with van der Waals surface area (Å²) in [5, 5.41) is 0. The molecule has 0 atom stereocenters. The number of hydrogen-bond acceptors (Lipinski definition) is 4. The second-order valence-corrected chi connectivity index (χ2v) is 5.85. The summed E-state index contributed by atoms with van der Waals surface area (Å²) in [6.45, 7) is 0. The molecule has 118 valence electrons. The van der Waals surface area contributed by atoms with E-state index in [1.807, 2.05) is 48.5 Å². The molecule has 0 radical (unpaired) electrons. The van der Waals surface area contributed by atoms with Crippen molar-refractivity contribution in [2.75, 3.05) is 11.5 Å². The van der Waals surface area contributed by atoms with Crippen LogP contribution in [0.25, 0.3) is 11.1 Å². The third-order valence-electron chi connectivity index (χ3n) is 4.21. The largest absolute Gasteiger partial charge is 0.449 e. The molecular weight excluding hydrogens is 300 g/mol. The molecule has 0 amide bonds. The number of carbonyl (C=O) groups is 1. The Morgan fingerprint density at radius 1 is 0.792 bits per heavy atom. The molecule has 24 heavy (non-hydrogen) atoms. The van der Waals surface area contributed by atoms with Gasteiger partial charge in [-0.2, -0.15) is 0 Å². The Labute approximate surface area is 139 Å². The van der Waals surface area contributed by atoms with Crippen LogP contribution in [-0.2, 0) is 4.74 Å². The lowest BCUT2D eigenvalue weighted by atomic mass is 10.1. The van der Waals surface area contributed by atoms with Gasteiger partial charge in [0.05, 0.1) is 5.56 Å². The van der Waals surface area contributed by atoms with Crippen LogP contribution < -0.4 is 11.5 Å². The number of fused-ring (bicyclic) bond motifs is 3. The smallest absolute Gasteiger partial charge is 0.339 e. The van der Waals surface area contributed by atoms with Crippen LogP contribution in [0.4, 0.5) is 11.4 Å². The minimum Gasteiger partial charge on any atom is -0.449 e. The first-order valence-electron chi connectivity index (χ1n) is 7.69. The molecule has 0 saturated carbocycles. The number of esters is 1. The Bertz CT molecular complexity index is 884. The van der Waals surface area contributed by atoms with Gasteiger partial charge in [0.15, 0.2) is 6.10 Å². The number of ether oxygens (including phenoxy) is 1. The van der Waals surface area contributed by atoms with E-state index in [-0.39, 0.29) is 0 Å². The highest BCUT2D eigenvalue weighted by Gasteiger charge is 2.31. The third kappa shape index (κ3) is 2.29. The maximum atomic E-state index is 12.6. The first-order chi connectivity index (χ1) is 11.6. The number of hydrogen-bond donors (Lipinski definition) is 2. The highest BCUT2D eigenvalue weighted by Crippen LogP contribution is 2.45. The van der Waals surface area contributed by atoms with Crippen molar-refractivity contribution in [2.45, 2.75) is 6.10 Å². The summed E-state index contributed by atoms with van der Waals surface area (Å²) in [5.74, 6) is -0.439. The zero-order valence-corrected chi connectivity index (χ0v) is 12.9. The van der Waals surface area contributed by atoms with Gasteiger partial charge in [-0.3, -0.25) is 0 Å². The first-order valence-corrected chi connectivity index (χ1v) is 7.69. The summed E-state index contributed by atoms with van der Waals surface area (Å²) in [7, 11) is 0. The van der Waals surface area contributed by atoms with Gasteiger partial charge in [0.1, 0.15) is 0 Å². The van der Waals surface area contributed by atoms with Crippen molar-refractivity contribution in [1.82, 2.24) is 0 Å². The summed E-state index contributed by atoms with van der Waals surface area (Å²) in [5.41, 5.74) is 16.9. The van der Waals surface area contributed by atoms with Gasteiger partial charge < -0.3 is 16.2 Å². The maximum absolute atomic E-state index is 12.6. The van der Waals surface area contributed by atoms with Crippen LogP contribution in [0.1, 0.15) is 27.6 Å². The fourth-order valence-electron chi connectivity index (χ4n) is 3.21. The molecular formula is C20H16N2O2. The van der Waals surface area contributed by atoms with Gasteiger partial charge in [0.25, 0.3) is 0 Å².